The van der Waals surface area contributed by atoms with Gasteiger partial charge in [-0.2, -0.15) is 13.2 Å². The number of rotatable bonds is 2. The van der Waals surface area contributed by atoms with Crippen molar-refractivity contribution in [2.24, 2.45) is 11.7 Å². The number of carbonyl (C=O) groups excluding carboxylic acids is 2. The maximum atomic E-state index is 12.3. The van der Waals surface area contributed by atoms with Gasteiger partial charge in [-0.1, -0.05) is 0 Å². The molecule has 0 aromatic carbocycles. The van der Waals surface area contributed by atoms with Crippen molar-refractivity contribution in [3.63, 3.8) is 0 Å². The maximum absolute atomic E-state index is 12.3. The molecule has 0 spiro atoms. The van der Waals surface area contributed by atoms with Gasteiger partial charge in [0.15, 0.2) is 0 Å². The molecule has 102 valence electrons. The first-order valence-corrected chi connectivity index (χ1v) is 5.04. The molecule has 0 aromatic heterocycles. The molecule has 1 aliphatic heterocycles. The Bertz CT molecular complexity index is 382. The summed E-state index contributed by atoms with van der Waals surface area (Å²) < 4.78 is 36.8. The molecule has 1 aliphatic rings. The Morgan fingerprint density at radius 2 is 1.83 bits per heavy atom. The third kappa shape index (κ3) is 2.90. The van der Waals surface area contributed by atoms with Crippen molar-refractivity contribution in [3.8, 4) is 0 Å². The summed E-state index contributed by atoms with van der Waals surface area (Å²) in [5, 5.41) is 8.74. The van der Waals surface area contributed by atoms with E-state index in [4.69, 9.17) is 10.8 Å². The van der Waals surface area contributed by atoms with E-state index >= 15 is 0 Å². The van der Waals surface area contributed by atoms with Crippen LogP contribution in [0.5, 0.6) is 0 Å². The number of carbonyl (C=O) groups is 3. The van der Waals surface area contributed by atoms with Crippen LogP contribution in [0.3, 0.4) is 0 Å². The van der Waals surface area contributed by atoms with E-state index in [-0.39, 0.29) is 6.42 Å². The van der Waals surface area contributed by atoms with Crippen LogP contribution in [-0.4, -0.2) is 46.6 Å². The van der Waals surface area contributed by atoms with Crippen LogP contribution in [0.1, 0.15) is 12.8 Å². The number of halogens is 3. The molecule has 0 aromatic rings. The van der Waals surface area contributed by atoms with Gasteiger partial charge in [0.1, 0.15) is 6.04 Å². The average Bonchev–Trinajstić information content (AvgIpc) is 2.25. The quantitative estimate of drug-likeness (QED) is 0.719. The molecule has 0 saturated carbocycles. The predicted octanol–water partition coefficient (Wildman–Crippen LogP) is -0.274. The molecule has 18 heavy (non-hydrogen) atoms. The van der Waals surface area contributed by atoms with Gasteiger partial charge in [-0.15, -0.1) is 0 Å². The maximum Gasteiger partial charge on any atom is 0.471 e. The summed E-state index contributed by atoms with van der Waals surface area (Å²) in [5.41, 5.74) is 4.91. The Morgan fingerprint density at radius 3 is 2.22 bits per heavy atom. The predicted molar refractivity (Wildman–Crippen MR) is 51.1 cm³/mol. The third-order valence-corrected chi connectivity index (χ3v) is 2.78. The standard InChI is InChI=1S/C9H11F3N2O4/c10-9(11,12)8(18)14-2-1-4(7(16)17)3-5(14)6(13)15/h4-5H,1-3H2,(H2,13,15)(H,16,17)/t4-,5+/m0/s1. The summed E-state index contributed by atoms with van der Waals surface area (Å²) in [7, 11) is 0. The van der Waals surface area contributed by atoms with Gasteiger partial charge in [-0.3, -0.25) is 14.4 Å². The fourth-order valence-corrected chi connectivity index (χ4v) is 1.87. The van der Waals surface area contributed by atoms with E-state index in [1.54, 1.807) is 0 Å². The highest BCUT2D eigenvalue weighted by Gasteiger charge is 2.48. The van der Waals surface area contributed by atoms with Gasteiger partial charge in [-0.25, -0.2) is 0 Å². The highest BCUT2D eigenvalue weighted by atomic mass is 19.4. The van der Waals surface area contributed by atoms with Crippen molar-refractivity contribution in [3.05, 3.63) is 0 Å². The minimum absolute atomic E-state index is 0.138. The minimum Gasteiger partial charge on any atom is -0.481 e. The minimum atomic E-state index is -5.11. The number of carboxylic acids is 1. The topological polar surface area (TPSA) is 101 Å². The van der Waals surface area contributed by atoms with Gasteiger partial charge in [0, 0.05) is 6.54 Å². The fraction of sp³-hybridized carbons (Fsp3) is 0.667. The van der Waals surface area contributed by atoms with E-state index in [1.807, 2.05) is 0 Å². The van der Waals surface area contributed by atoms with Crippen LogP contribution in [0.15, 0.2) is 0 Å². The van der Waals surface area contributed by atoms with Crippen molar-refractivity contribution in [2.75, 3.05) is 6.54 Å². The van der Waals surface area contributed by atoms with Crippen molar-refractivity contribution in [1.29, 1.82) is 0 Å². The van der Waals surface area contributed by atoms with Crippen LogP contribution in [0, 0.1) is 5.92 Å². The smallest absolute Gasteiger partial charge is 0.471 e. The Hall–Kier alpha value is -1.80. The van der Waals surface area contributed by atoms with E-state index < -0.39 is 48.9 Å². The van der Waals surface area contributed by atoms with E-state index in [9.17, 15) is 27.6 Å². The molecular weight excluding hydrogens is 257 g/mol. The van der Waals surface area contributed by atoms with Crippen LogP contribution in [-0.2, 0) is 14.4 Å². The normalized spacial score (nSPS) is 24.7. The number of alkyl halides is 3. The second-order valence-electron chi connectivity index (χ2n) is 3.97. The number of amides is 2. The SMILES string of the molecule is NC(=O)[C@H]1C[C@@H](C(=O)O)CCN1C(=O)C(F)(F)F. The lowest BCUT2D eigenvalue weighted by molar-refractivity contribution is -0.190. The molecular formula is C9H11F3N2O4. The number of hydrogen-bond acceptors (Lipinski definition) is 3. The molecule has 0 aliphatic carbocycles. The lowest BCUT2D eigenvalue weighted by atomic mass is 9.90. The number of piperidine rings is 1. The van der Waals surface area contributed by atoms with Gasteiger partial charge in [0.2, 0.25) is 5.91 Å². The first-order valence-electron chi connectivity index (χ1n) is 5.04. The first-order chi connectivity index (χ1) is 8.14. The highest BCUT2D eigenvalue weighted by Crippen LogP contribution is 2.28. The molecule has 2 amide bonds. The molecule has 0 radical (unpaired) electrons. The Morgan fingerprint density at radius 1 is 1.28 bits per heavy atom. The number of hydrogen-bond donors (Lipinski definition) is 2. The highest BCUT2D eigenvalue weighted by molar-refractivity contribution is 5.90. The molecule has 1 heterocycles. The van der Waals surface area contributed by atoms with E-state index in [2.05, 4.69) is 0 Å². The van der Waals surface area contributed by atoms with Crippen LogP contribution < -0.4 is 5.73 Å². The average molecular weight is 268 g/mol. The van der Waals surface area contributed by atoms with E-state index in [1.165, 1.54) is 0 Å². The molecule has 3 N–H and O–H groups in total. The second-order valence-corrected chi connectivity index (χ2v) is 3.97. The number of primary amides is 1. The number of likely N-dealkylation sites (tertiary alicyclic amines) is 1. The summed E-state index contributed by atoms with van der Waals surface area (Å²) in [4.78, 5) is 33.1. The zero-order chi connectivity index (χ0) is 14.1. The Balaban J connectivity index is 2.90. The van der Waals surface area contributed by atoms with Gasteiger partial charge in [0.05, 0.1) is 5.92 Å². The molecule has 2 atom stereocenters. The zero-order valence-electron chi connectivity index (χ0n) is 9.11. The van der Waals surface area contributed by atoms with Crippen LogP contribution >= 0.6 is 0 Å². The number of carboxylic acid groups (broad SMARTS) is 1. The lowest BCUT2D eigenvalue weighted by Crippen LogP contribution is -2.56. The fourth-order valence-electron chi connectivity index (χ4n) is 1.87. The monoisotopic (exact) mass is 268 g/mol. The Labute approximate surface area is 99.5 Å². The van der Waals surface area contributed by atoms with Crippen molar-refractivity contribution >= 4 is 17.8 Å². The first kappa shape index (κ1) is 14.3. The molecule has 1 saturated heterocycles. The summed E-state index contributed by atoms with van der Waals surface area (Å²) in [5.74, 6) is -5.51. The third-order valence-electron chi connectivity index (χ3n) is 2.78. The second kappa shape index (κ2) is 4.83. The molecule has 0 unspecified atom stereocenters. The van der Waals surface area contributed by atoms with Crippen LogP contribution in [0.4, 0.5) is 13.2 Å². The molecule has 1 rings (SSSR count). The number of nitrogens with two attached hydrogens (primary N) is 1. The largest absolute Gasteiger partial charge is 0.481 e. The van der Waals surface area contributed by atoms with Gasteiger partial charge in [0.25, 0.3) is 0 Å². The summed E-state index contributed by atoms with van der Waals surface area (Å²) in [6.07, 6.45) is -5.64. The molecule has 9 heteroatoms. The van der Waals surface area contributed by atoms with E-state index in [0.29, 0.717) is 4.90 Å². The van der Waals surface area contributed by atoms with Crippen molar-refractivity contribution in [1.82, 2.24) is 4.90 Å². The van der Waals surface area contributed by atoms with Gasteiger partial charge in [-0.05, 0) is 12.8 Å². The van der Waals surface area contributed by atoms with Crippen LogP contribution in [0.2, 0.25) is 0 Å². The number of aliphatic carboxylic acids is 1. The van der Waals surface area contributed by atoms with E-state index in [0.717, 1.165) is 0 Å². The zero-order valence-corrected chi connectivity index (χ0v) is 9.11. The van der Waals surface area contributed by atoms with Gasteiger partial charge >= 0.3 is 18.1 Å². The molecule has 6 nitrogen and oxygen atoms in total. The van der Waals surface area contributed by atoms with Crippen molar-refractivity contribution in [2.45, 2.75) is 25.1 Å². The lowest BCUT2D eigenvalue weighted by Gasteiger charge is -2.36. The van der Waals surface area contributed by atoms with Gasteiger partial charge < -0.3 is 15.7 Å². The van der Waals surface area contributed by atoms with Crippen molar-refractivity contribution < 1.29 is 32.7 Å². The summed E-state index contributed by atoms with van der Waals surface area (Å²) in [6.45, 7) is -0.455. The Kier molecular flexibility index (Phi) is 3.82. The molecule has 0 bridgehead atoms. The summed E-state index contributed by atoms with van der Waals surface area (Å²) >= 11 is 0. The summed E-state index contributed by atoms with van der Waals surface area (Å²) in [6, 6.07) is -1.53. The molecule has 1 fully saturated rings. The van der Waals surface area contributed by atoms with Crippen LogP contribution in [0.25, 0.3) is 0 Å². The number of nitrogens with zero attached hydrogens (tertiary/aromatic N) is 1.